The van der Waals surface area contributed by atoms with Crippen molar-refractivity contribution in [2.45, 2.75) is 31.8 Å². The van der Waals surface area contributed by atoms with Crippen LogP contribution in [0.5, 0.6) is 11.5 Å². The summed E-state index contributed by atoms with van der Waals surface area (Å²) in [6.45, 7) is 2.78. The molecule has 0 amide bonds. The van der Waals surface area contributed by atoms with Crippen molar-refractivity contribution < 1.29 is 28.7 Å². The van der Waals surface area contributed by atoms with Gasteiger partial charge in [-0.25, -0.2) is 0 Å². The van der Waals surface area contributed by atoms with Crippen molar-refractivity contribution in [1.82, 2.24) is 0 Å². The van der Waals surface area contributed by atoms with Crippen molar-refractivity contribution in [3.63, 3.8) is 0 Å². The highest BCUT2D eigenvalue weighted by Gasteiger charge is 2.71. The topological polar surface area (TPSA) is 90.0 Å². The number of Topliss-reactive ketones (excluding diaryl/α,β-unsaturated/α-hetero) is 3. The molecule has 0 N–H and O–H groups in total. The van der Waals surface area contributed by atoms with Gasteiger partial charge in [0, 0.05) is 29.5 Å². The van der Waals surface area contributed by atoms with E-state index in [0.717, 1.165) is 5.56 Å². The number of carbonyl (C=O) groups excluding carboxylic acids is 4. The highest BCUT2D eigenvalue weighted by molar-refractivity contribution is 6.32. The van der Waals surface area contributed by atoms with E-state index in [1.54, 1.807) is 61.7 Å². The molecule has 0 saturated carbocycles. The van der Waals surface area contributed by atoms with Crippen LogP contribution < -0.4 is 14.4 Å². The minimum absolute atomic E-state index is 0.213. The molecule has 7 nitrogen and oxygen atoms in total. The third-order valence-corrected chi connectivity index (χ3v) is 7.91. The van der Waals surface area contributed by atoms with E-state index in [1.807, 2.05) is 29.2 Å². The van der Waals surface area contributed by atoms with Crippen LogP contribution in [-0.2, 0) is 9.59 Å². The minimum Gasteiger partial charge on any atom is -0.497 e. The van der Waals surface area contributed by atoms with E-state index >= 15 is 0 Å². The molecule has 1 fully saturated rings. The third kappa shape index (κ3) is 3.08. The molecule has 38 heavy (non-hydrogen) atoms. The molecule has 1 saturated heterocycles. The second-order valence-corrected chi connectivity index (χ2v) is 9.88. The summed E-state index contributed by atoms with van der Waals surface area (Å²) in [5, 5.41) is 0. The maximum atomic E-state index is 14.5. The van der Waals surface area contributed by atoms with Crippen molar-refractivity contribution in [2.75, 3.05) is 12.0 Å². The number of benzene rings is 3. The Morgan fingerprint density at radius 2 is 1.58 bits per heavy atom. The van der Waals surface area contributed by atoms with Gasteiger partial charge in [0.05, 0.1) is 24.9 Å². The number of anilines is 1. The average molecular weight is 508 g/mol. The maximum Gasteiger partial charge on any atom is 0.308 e. The summed E-state index contributed by atoms with van der Waals surface area (Å²) in [5.74, 6) is -1.36. The van der Waals surface area contributed by atoms with Gasteiger partial charge in [-0.1, -0.05) is 60.7 Å². The third-order valence-electron chi connectivity index (χ3n) is 7.91. The number of hydrogen-bond acceptors (Lipinski definition) is 7. The smallest absolute Gasteiger partial charge is 0.308 e. The van der Waals surface area contributed by atoms with Gasteiger partial charge in [0.15, 0.2) is 23.1 Å². The normalized spacial score (nSPS) is 22.2. The van der Waals surface area contributed by atoms with Crippen molar-refractivity contribution >= 4 is 35.1 Å². The van der Waals surface area contributed by atoms with Gasteiger partial charge in [0.2, 0.25) is 0 Å². The van der Waals surface area contributed by atoms with Crippen LogP contribution >= 0.6 is 0 Å². The minimum atomic E-state index is -1.61. The van der Waals surface area contributed by atoms with E-state index < -0.39 is 29.4 Å². The summed E-state index contributed by atoms with van der Waals surface area (Å²) in [4.78, 5) is 56.3. The Hall–Kier alpha value is -4.52. The molecule has 2 aliphatic heterocycles. The Kier molecular flexibility index (Phi) is 5.35. The fraction of sp³-hybridized carbons (Fsp3) is 0.226. The zero-order valence-electron chi connectivity index (χ0n) is 21.1. The van der Waals surface area contributed by atoms with E-state index in [-0.39, 0.29) is 23.1 Å². The first-order chi connectivity index (χ1) is 18.3. The Labute approximate surface area is 219 Å². The van der Waals surface area contributed by atoms with E-state index in [0.29, 0.717) is 28.1 Å². The molecule has 1 spiro atoms. The SMILES string of the molecule is COc1cccc([C@H]2[C@@H](C(C)=O)N3c4c(cccc4OC(C)=O)C=C[C@H]3C23C(=O)c2ccccc2C3=O)c1. The van der Waals surface area contributed by atoms with Gasteiger partial charge in [0.1, 0.15) is 11.2 Å². The van der Waals surface area contributed by atoms with Crippen LogP contribution in [0.1, 0.15) is 51.6 Å². The van der Waals surface area contributed by atoms with Gasteiger partial charge in [-0.3, -0.25) is 19.2 Å². The molecule has 7 heteroatoms. The number of para-hydroxylation sites is 1. The molecule has 0 unspecified atom stereocenters. The predicted octanol–water partition coefficient (Wildman–Crippen LogP) is 4.64. The monoisotopic (exact) mass is 507 g/mol. The van der Waals surface area contributed by atoms with Gasteiger partial charge in [-0.15, -0.1) is 0 Å². The number of methoxy groups -OCH3 is 1. The van der Waals surface area contributed by atoms with Crippen LogP contribution in [-0.4, -0.2) is 42.5 Å². The number of fused-ring (bicyclic) bond motifs is 5. The molecule has 3 aromatic carbocycles. The molecule has 2 heterocycles. The van der Waals surface area contributed by atoms with Gasteiger partial charge >= 0.3 is 5.97 Å². The van der Waals surface area contributed by atoms with Gasteiger partial charge in [-0.05, 0) is 30.7 Å². The molecule has 1 aliphatic carbocycles. The van der Waals surface area contributed by atoms with E-state index in [1.165, 1.54) is 13.8 Å². The van der Waals surface area contributed by atoms with Crippen LogP contribution in [0.25, 0.3) is 6.08 Å². The van der Waals surface area contributed by atoms with Crippen LogP contribution in [0.4, 0.5) is 5.69 Å². The van der Waals surface area contributed by atoms with Gasteiger partial charge < -0.3 is 14.4 Å². The highest BCUT2D eigenvalue weighted by atomic mass is 16.5. The molecular formula is C31H25NO6. The molecule has 3 aromatic rings. The molecule has 190 valence electrons. The van der Waals surface area contributed by atoms with E-state index in [9.17, 15) is 19.2 Å². The lowest BCUT2D eigenvalue weighted by molar-refractivity contribution is -0.131. The second-order valence-electron chi connectivity index (χ2n) is 9.88. The van der Waals surface area contributed by atoms with Crippen LogP contribution in [0, 0.1) is 5.41 Å². The lowest BCUT2D eigenvalue weighted by Crippen LogP contribution is -2.48. The molecule has 6 rings (SSSR count). The van der Waals surface area contributed by atoms with Crippen LogP contribution in [0.15, 0.2) is 72.8 Å². The standard InChI is InChI=1S/C31H25NO6/c1-17(33)27-26(20-9-6-10-21(16-20)37-3)31(29(35)22-11-4-5-12-23(22)30(31)36)25-15-14-19-8-7-13-24(38-18(2)34)28(19)32(25)27/h4-16,25-27H,1-3H3/t25-,26-,27+/m0/s1. The zero-order valence-corrected chi connectivity index (χ0v) is 21.1. The van der Waals surface area contributed by atoms with Crippen LogP contribution in [0.2, 0.25) is 0 Å². The number of hydrogen-bond donors (Lipinski definition) is 0. The Morgan fingerprint density at radius 3 is 2.21 bits per heavy atom. The Morgan fingerprint density at radius 1 is 0.895 bits per heavy atom. The lowest BCUT2D eigenvalue weighted by atomic mass is 9.64. The summed E-state index contributed by atoms with van der Waals surface area (Å²) in [5.41, 5.74) is 0.974. The number of ether oxygens (including phenoxy) is 2. The largest absolute Gasteiger partial charge is 0.497 e. The average Bonchev–Trinajstić information content (AvgIpc) is 3.35. The summed E-state index contributed by atoms with van der Waals surface area (Å²) in [7, 11) is 1.54. The quantitative estimate of drug-likeness (QED) is 0.289. The zero-order chi connectivity index (χ0) is 26.8. The van der Waals surface area contributed by atoms with Crippen molar-refractivity contribution in [2.24, 2.45) is 5.41 Å². The second kappa shape index (κ2) is 8.52. The molecule has 0 radical (unpaired) electrons. The lowest BCUT2D eigenvalue weighted by Gasteiger charge is -2.37. The van der Waals surface area contributed by atoms with Crippen molar-refractivity contribution in [3.8, 4) is 11.5 Å². The first-order valence-corrected chi connectivity index (χ1v) is 12.4. The molecule has 3 atom stereocenters. The number of esters is 1. The predicted molar refractivity (Wildman–Crippen MR) is 141 cm³/mol. The first-order valence-electron chi connectivity index (χ1n) is 12.4. The Bertz CT molecular complexity index is 1540. The number of carbonyl (C=O) groups is 4. The summed E-state index contributed by atoms with van der Waals surface area (Å²) >= 11 is 0. The van der Waals surface area contributed by atoms with Crippen LogP contribution in [0.3, 0.4) is 0 Å². The molecule has 0 aromatic heterocycles. The van der Waals surface area contributed by atoms with E-state index in [4.69, 9.17) is 9.47 Å². The molecular weight excluding hydrogens is 482 g/mol. The molecule has 0 bridgehead atoms. The summed E-state index contributed by atoms with van der Waals surface area (Å²) in [6, 6.07) is 17.6. The number of nitrogens with zero attached hydrogens (tertiary/aromatic N) is 1. The van der Waals surface area contributed by atoms with Crippen molar-refractivity contribution in [3.05, 3.63) is 95.1 Å². The molecule has 3 aliphatic rings. The number of rotatable bonds is 4. The van der Waals surface area contributed by atoms with E-state index in [2.05, 4.69) is 0 Å². The Balaban J connectivity index is 1.68. The maximum absolute atomic E-state index is 14.5. The summed E-state index contributed by atoms with van der Waals surface area (Å²) < 4.78 is 11.1. The van der Waals surface area contributed by atoms with Crippen molar-refractivity contribution in [1.29, 1.82) is 0 Å². The van der Waals surface area contributed by atoms with Gasteiger partial charge in [0.25, 0.3) is 0 Å². The summed E-state index contributed by atoms with van der Waals surface area (Å²) in [6.07, 6.45) is 3.66. The first kappa shape index (κ1) is 23.9. The fourth-order valence-corrected chi connectivity index (χ4v) is 6.58. The number of ketones is 3. The highest BCUT2D eigenvalue weighted by Crippen LogP contribution is 2.61. The fourth-order valence-electron chi connectivity index (χ4n) is 6.58. The van der Waals surface area contributed by atoms with Gasteiger partial charge in [-0.2, -0.15) is 0 Å².